The molecule has 1 fully saturated rings. The van der Waals surface area contributed by atoms with Crippen molar-refractivity contribution < 1.29 is 56.8 Å². The molecule has 1 saturated heterocycles. The molecule has 1 aliphatic heterocycles. The molecule has 0 radical (unpaired) electrons. The first-order chi connectivity index (χ1) is 28.0. The largest absolute Gasteiger partial charge is 0.462 e. The number of hydrogen-bond donors (Lipinski definition) is 4. The Morgan fingerprint density at radius 2 is 1.14 bits per heavy atom. The van der Waals surface area contributed by atoms with E-state index in [1.807, 2.05) is 0 Å². The Labute approximate surface area is 348 Å². The maximum absolute atomic E-state index is 12.8. The molecular formula is C45H74O12S. The van der Waals surface area contributed by atoms with E-state index in [9.17, 15) is 37.9 Å². The van der Waals surface area contributed by atoms with Gasteiger partial charge in [0.2, 0.25) is 0 Å². The molecule has 4 N–H and O–H groups in total. The summed E-state index contributed by atoms with van der Waals surface area (Å²) in [5.41, 5.74) is 0. The van der Waals surface area contributed by atoms with E-state index < -0.39 is 71.2 Å². The van der Waals surface area contributed by atoms with Crippen LogP contribution in [-0.2, 0) is 38.7 Å². The molecule has 0 spiro atoms. The summed E-state index contributed by atoms with van der Waals surface area (Å²) in [4.78, 5) is 25.3. The van der Waals surface area contributed by atoms with E-state index in [2.05, 4.69) is 86.8 Å². The van der Waals surface area contributed by atoms with Gasteiger partial charge in [0.15, 0.2) is 12.4 Å². The van der Waals surface area contributed by atoms with Crippen molar-refractivity contribution in [1.29, 1.82) is 0 Å². The summed E-state index contributed by atoms with van der Waals surface area (Å²) in [6.07, 6.45) is 33.8. The summed E-state index contributed by atoms with van der Waals surface area (Å²) in [5.74, 6) is -2.07. The number of aliphatic hydroxyl groups excluding tert-OH is 3. The van der Waals surface area contributed by atoms with Gasteiger partial charge in [-0.2, -0.15) is 8.42 Å². The highest BCUT2D eigenvalue weighted by Gasteiger charge is 2.46. The molecule has 0 aromatic heterocycles. The molecule has 0 aliphatic carbocycles. The fourth-order valence-corrected chi connectivity index (χ4v) is 6.64. The first-order valence-corrected chi connectivity index (χ1v) is 23.1. The number of unbranched alkanes of at least 4 members (excludes halogenated alkanes) is 11. The standard InChI is InChI=1S/C45H74O12S/c1-3-5-7-9-11-13-15-17-19-21-23-25-27-29-31-33-40(46)54-35-38(36-55-45-44(50)43(49)42(48)39(57-45)37-58(51,52)53)56-41(47)34-32-30-28-26-24-22-20-18-16-14-12-10-8-6-4-2/h6,8,12-15,17-20,24,26,38-39,42-45,48-50H,3-5,7,9-11,16,21-23,25,27-37H2,1-2H3,(H,51,52,53)/b8-6+,14-12+,15-13+,19-17+,20-18+,26-24+/t38-,39-,42-,43?,44?,45+/m1/s1. The number of esters is 2. The monoisotopic (exact) mass is 838 g/mol. The summed E-state index contributed by atoms with van der Waals surface area (Å²) in [6.45, 7) is 3.55. The lowest BCUT2D eigenvalue weighted by Crippen LogP contribution is -2.60. The normalized spacial score (nSPS) is 21.1. The fourth-order valence-electron chi connectivity index (χ4n) is 5.95. The Morgan fingerprint density at radius 3 is 1.76 bits per heavy atom. The Morgan fingerprint density at radius 1 is 0.621 bits per heavy atom. The van der Waals surface area contributed by atoms with Gasteiger partial charge in [0, 0.05) is 12.8 Å². The van der Waals surface area contributed by atoms with E-state index in [-0.39, 0.29) is 19.4 Å². The summed E-state index contributed by atoms with van der Waals surface area (Å²) in [7, 11) is -4.61. The number of aliphatic hydroxyl groups is 3. The zero-order valence-corrected chi connectivity index (χ0v) is 35.9. The van der Waals surface area contributed by atoms with Gasteiger partial charge in [0.1, 0.15) is 36.8 Å². The first-order valence-electron chi connectivity index (χ1n) is 21.5. The third-order valence-electron chi connectivity index (χ3n) is 9.30. The second kappa shape index (κ2) is 34.9. The zero-order chi connectivity index (χ0) is 42.7. The van der Waals surface area contributed by atoms with Crippen LogP contribution >= 0.6 is 0 Å². The first kappa shape index (κ1) is 53.1. The van der Waals surface area contributed by atoms with Gasteiger partial charge in [-0.25, -0.2) is 0 Å². The number of rotatable bonds is 34. The van der Waals surface area contributed by atoms with Crippen molar-refractivity contribution in [3.05, 3.63) is 72.9 Å². The highest BCUT2D eigenvalue weighted by molar-refractivity contribution is 7.85. The van der Waals surface area contributed by atoms with Crippen LogP contribution in [0.3, 0.4) is 0 Å². The van der Waals surface area contributed by atoms with Gasteiger partial charge < -0.3 is 34.3 Å². The fraction of sp³-hybridized carbons (Fsp3) is 0.689. The van der Waals surface area contributed by atoms with Crippen LogP contribution < -0.4 is 0 Å². The number of allylic oxidation sites excluding steroid dienone is 12. The summed E-state index contributed by atoms with van der Waals surface area (Å²) >= 11 is 0. The number of ether oxygens (including phenoxy) is 4. The number of carbonyl (C=O) groups excluding carboxylic acids is 2. The molecule has 332 valence electrons. The molecule has 6 atom stereocenters. The maximum atomic E-state index is 12.8. The molecule has 2 unspecified atom stereocenters. The minimum Gasteiger partial charge on any atom is -0.462 e. The van der Waals surface area contributed by atoms with E-state index in [0.29, 0.717) is 12.8 Å². The topological polar surface area (TPSA) is 186 Å². The van der Waals surface area contributed by atoms with E-state index in [1.165, 1.54) is 25.7 Å². The third-order valence-corrected chi connectivity index (χ3v) is 10.0. The van der Waals surface area contributed by atoms with Crippen LogP contribution in [0.25, 0.3) is 0 Å². The van der Waals surface area contributed by atoms with E-state index in [0.717, 1.165) is 77.0 Å². The molecule has 0 amide bonds. The molecule has 1 rings (SSSR count). The average molecular weight is 839 g/mol. The minimum atomic E-state index is -4.61. The van der Waals surface area contributed by atoms with Crippen LogP contribution in [0.2, 0.25) is 0 Å². The summed E-state index contributed by atoms with van der Waals surface area (Å²) < 4.78 is 53.9. The second-order valence-corrected chi connectivity index (χ2v) is 16.1. The maximum Gasteiger partial charge on any atom is 0.306 e. The summed E-state index contributed by atoms with van der Waals surface area (Å²) in [6, 6.07) is 0. The SMILES string of the molecule is CC/C=C/C/C=C/C/C=C/C/C=C/CCCCC(=O)O[C@H](COC(=O)CCCCCCC/C=C/C=C/CCCCCC)CO[C@H]1O[C@H](CS(=O)(=O)O)[C@@H](O)C(O)C1O. The van der Waals surface area contributed by atoms with Crippen molar-refractivity contribution in [2.24, 2.45) is 0 Å². The molecule has 0 aromatic rings. The van der Waals surface area contributed by atoms with Gasteiger partial charge >= 0.3 is 11.9 Å². The molecular weight excluding hydrogens is 765 g/mol. The molecule has 1 aliphatic rings. The molecule has 13 heteroatoms. The second-order valence-electron chi connectivity index (χ2n) is 14.7. The van der Waals surface area contributed by atoms with Crippen LogP contribution in [-0.4, -0.2) is 96.0 Å². The van der Waals surface area contributed by atoms with E-state index in [1.54, 1.807) is 0 Å². The van der Waals surface area contributed by atoms with Gasteiger partial charge in [0.05, 0.1) is 6.61 Å². The molecule has 0 aromatic carbocycles. The van der Waals surface area contributed by atoms with Gasteiger partial charge in [0.25, 0.3) is 10.1 Å². The smallest absolute Gasteiger partial charge is 0.306 e. The van der Waals surface area contributed by atoms with Gasteiger partial charge in [-0.1, -0.05) is 125 Å². The van der Waals surface area contributed by atoms with Gasteiger partial charge in [-0.3, -0.25) is 14.1 Å². The predicted octanol–water partition coefficient (Wildman–Crippen LogP) is 8.33. The molecule has 58 heavy (non-hydrogen) atoms. The number of hydrogen-bond acceptors (Lipinski definition) is 11. The van der Waals surface area contributed by atoms with Crippen molar-refractivity contribution in [2.45, 2.75) is 179 Å². The lowest BCUT2D eigenvalue weighted by atomic mass is 10.00. The van der Waals surface area contributed by atoms with E-state index in [4.69, 9.17) is 18.9 Å². The molecule has 12 nitrogen and oxygen atoms in total. The molecule has 1 heterocycles. The Balaban J connectivity index is 2.53. The van der Waals surface area contributed by atoms with Crippen molar-refractivity contribution in [2.75, 3.05) is 19.0 Å². The van der Waals surface area contributed by atoms with Crippen molar-refractivity contribution in [1.82, 2.24) is 0 Å². The highest BCUT2D eigenvalue weighted by atomic mass is 32.2. The van der Waals surface area contributed by atoms with E-state index >= 15 is 0 Å². The highest BCUT2D eigenvalue weighted by Crippen LogP contribution is 2.24. The van der Waals surface area contributed by atoms with Gasteiger partial charge in [-0.15, -0.1) is 0 Å². The van der Waals surface area contributed by atoms with Crippen molar-refractivity contribution >= 4 is 22.1 Å². The third kappa shape index (κ3) is 29.3. The summed E-state index contributed by atoms with van der Waals surface area (Å²) in [5, 5.41) is 30.8. The zero-order valence-electron chi connectivity index (χ0n) is 35.1. The van der Waals surface area contributed by atoms with Crippen LogP contribution in [0.1, 0.15) is 142 Å². The Hall–Kier alpha value is -2.91. The quantitative estimate of drug-likeness (QED) is 0.0160. The van der Waals surface area contributed by atoms with Crippen LogP contribution in [0.4, 0.5) is 0 Å². The lowest BCUT2D eigenvalue weighted by molar-refractivity contribution is -0.297. The lowest BCUT2D eigenvalue weighted by Gasteiger charge is -2.40. The van der Waals surface area contributed by atoms with Crippen molar-refractivity contribution in [3.63, 3.8) is 0 Å². The van der Waals surface area contributed by atoms with Crippen molar-refractivity contribution in [3.8, 4) is 0 Å². The van der Waals surface area contributed by atoms with Gasteiger partial charge in [-0.05, 0) is 77.0 Å². The average Bonchev–Trinajstić information content (AvgIpc) is 3.18. The minimum absolute atomic E-state index is 0.105. The molecule has 0 saturated carbocycles. The Bertz CT molecular complexity index is 1350. The van der Waals surface area contributed by atoms with Crippen LogP contribution in [0.15, 0.2) is 72.9 Å². The van der Waals surface area contributed by atoms with Crippen LogP contribution in [0, 0.1) is 0 Å². The predicted molar refractivity (Wildman–Crippen MR) is 228 cm³/mol. The molecule has 0 bridgehead atoms. The Kier molecular flexibility index (Phi) is 32.0. The van der Waals surface area contributed by atoms with Crippen LogP contribution in [0.5, 0.6) is 0 Å². The number of carbonyl (C=O) groups is 2.